The molecule has 4 aromatic rings. The highest BCUT2D eigenvalue weighted by molar-refractivity contribution is 5.74. The molecule has 47 heavy (non-hydrogen) atoms. The number of carbonyl (C=O) groups is 1. The van der Waals surface area contributed by atoms with Crippen LogP contribution < -0.4 is 10.6 Å². The maximum absolute atomic E-state index is 12.0. The van der Waals surface area contributed by atoms with E-state index in [0.29, 0.717) is 31.7 Å². The molecule has 5 rings (SSSR count). The molecule has 0 unspecified atom stereocenters. The van der Waals surface area contributed by atoms with Gasteiger partial charge in [-0.05, 0) is 59.5 Å². The van der Waals surface area contributed by atoms with Crippen molar-refractivity contribution in [2.24, 2.45) is 5.92 Å². The fourth-order valence-corrected chi connectivity index (χ4v) is 6.02. The predicted octanol–water partition coefficient (Wildman–Crippen LogP) is 5.83. The van der Waals surface area contributed by atoms with Crippen molar-refractivity contribution in [2.45, 2.75) is 51.6 Å². The number of likely N-dealkylation sites (N-methyl/N-ethyl adjacent to an activating group) is 1. The summed E-state index contributed by atoms with van der Waals surface area (Å²) in [5.74, 6) is 0.101. The van der Waals surface area contributed by atoms with Crippen molar-refractivity contribution >= 4 is 6.03 Å². The fraction of sp³-hybridized carbons (Fsp3) is 0.342. The molecule has 2 amide bonds. The van der Waals surface area contributed by atoms with Gasteiger partial charge in [0.15, 0.2) is 6.29 Å². The lowest BCUT2D eigenvalue weighted by Gasteiger charge is -2.42. The Morgan fingerprint density at radius 2 is 1.64 bits per heavy atom. The van der Waals surface area contributed by atoms with Gasteiger partial charge in [0, 0.05) is 37.7 Å². The van der Waals surface area contributed by atoms with E-state index in [1.807, 2.05) is 91.7 Å². The van der Waals surface area contributed by atoms with Crippen molar-refractivity contribution in [3.8, 4) is 16.9 Å². The van der Waals surface area contributed by atoms with E-state index in [-0.39, 0.29) is 36.5 Å². The number of urea groups is 1. The van der Waals surface area contributed by atoms with Crippen molar-refractivity contribution in [3.05, 3.63) is 125 Å². The van der Waals surface area contributed by atoms with E-state index < -0.39 is 12.4 Å². The van der Waals surface area contributed by atoms with Gasteiger partial charge >= 0.3 is 6.03 Å². The monoisotopic (exact) mass is 639 g/mol. The number of amides is 2. The smallest absolute Gasteiger partial charge is 0.315 e. The van der Waals surface area contributed by atoms with Crippen LogP contribution in [0.25, 0.3) is 11.1 Å². The summed E-state index contributed by atoms with van der Waals surface area (Å²) in [5.41, 5.74) is 6.41. The molecule has 1 saturated heterocycles. The standard InChI is InChI=1S/C38H45N3O6/c1-4-39-38(45)40-21-31-8-5-6-11-33(31)27-16-18-29(19-17-27)37-46-35(23-41(3)22-34(44)30-9-7-10-32(43)20-30)25(2)36(47-37)28-14-12-26(24-42)13-15-28/h5-20,25,34-37,42-44H,4,21-24H2,1-3H3,(H2,39,40,45)/t25-,34-,35+,36+,37+/m1/s1. The second-order valence-electron chi connectivity index (χ2n) is 12.1. The minimum atomic E-state index is -0.772. The van der Waals surface area contributed by atoms with Crippen molar-refractivity contribution in [2.75, 3.05) is 26.7 Å². The van der Waals surface area contributed by atoms with E-state index in [1.54, 1.807) is 24.3 Å². The molecule has 9 heteroatoms. The lowest BCUT2D eigenvalue weighted by atomic mass is 9.90. The maximum atomic E-state index is 12.0. The number of ether oxygens (including phenoxy) is 2. The topological polar surface area (TPSA) is 124 Å². The summed E-state index contributed by atoms with van der Waals surface area (Å²) in [6.07, 6.45) is -1.90. The summed E-state index contributed by atoms with van der Waals surface area (Å²) in [5, 5.41) is 36.0. The number of nitrogens with one attached hydrogen (secondary N) is 2. The van der Waals surface area contributed by atoms with Gasteiger partial charge < -0.3 is 40.3 Å². The van der Waals surface area contributed by atoms with Gasteiger partial charge in [0.2, 0.25) is 0 Å². The maximum Gasteiger partial charge on any atom is 0.315 e. The number of aliphatic hydroxyl groups is 2. The van der Waals surface area contributed by atoms with Crippen LogP contribution in [-0.2, 0) is 22.6 Å². The third-order valence-electron chi connectivity index (χ3n) is 8.64. The van der Waals surface area contributed by atoms with E-state index in [9.17, 15) is 20.1 Å². The van der Waals surface area contributed by atoms with Crippen LogP contribution in [0.3, 0.4) is 0 Å². The average Bonchev–Trinajstić information content (AvgIpc) is 3.08. The van der Waals surface area contributed by atoms with Crippen molar-refractivity contribution in [1.29, 1.82) is 0 Å². The minimum Gasteiger partial charge on any atom is -0.508 e. The van der Waals surface area contributed by atoms with Gasteiger partial charge in [-0.15, -0.1) is 0 Å². The molecule has 248 valence electrons. The molecular formula is C38H45N3O6. The second kappa shape index (κ2) is 16.0. The second-order valence-corrected chi connectivity index (χ2v) is 12.1. The van der Waals surface area contributed by atoms with Crippen LogP contribution in [-0.4, -0.2) is 59.0 Å². The lowest BCUT2D eigenvalue weighted by Crippen LogP contribution is -2.44. The van der Waals surface area contributed by atoms with Gasteiger partial charge in [0.25, 0.3) is 0 Å². The fourth-order valence-electron chi connectivity index (χ4n) is 6.02. The summed E-state index contributed by atoms with van der Waals surface area (Å²) in [4.78, 5) is 14.0. The highest BCUT2D eigenvalue weighted by atomic mass is 16.7. The molecule has 1 aliphatic rings. The lowest BCUT2D eigenvalue weighted by molar-refractivity contribution is -0.276. The number of carbonyl (C=O) groups excluding carboxylic acids is 1. The zero-order chi connectivity index (χ0) is 33.3. The van der Waals surface area contributed by atoms with E-state index in [2.05, 4.69) is 17.6 Å². The van der Waals surface area contributed by atoms with Gasteiger partial charge in [-0.1, -0.05) is 91.9 Å². The Labute approximate surface area is 276 Å². The molecule has 4 aromatic carbocycles. The van der Waals surface area contributed by atoms with Crippen LogP contribution in [0.15, 0.2) is 97.1 Å². The summed E-state index contributed by atoms with van der Waals surface area (Å²) < 4.78 is 13.3. The zero-order valence-corrected chi connectivity index (χ0v) is 27.2. The molecule has 1 aliphatic heterocycles. The molecule has 9 nitrogen and oxygen atoms in total. The molecule has 0 bridgehead atoms. The summed E-state index contributed by atoms with van der Waals surface area (Å²) in [7, 11) is 1.95. The molecule has 0 spiro atoms. The highest BCUT2D eigenvalue weighted by Crippen LogP contribution is 2.42. The molecule has 1 heterocycles. The Morgan fingerprint density at radius 3 is 2.34 bits per heavy atom. The Morgan fingerprint density at radius 1 is 0.915 bits per heavy atom. The molecular weight excluding hydrogens is 594 g/mol. The van der Waals surface area contributed by atoms with Crippen LogP contribution in [0.1, 0.15) is 60.2 Å². The van der Waals surface area contributed by atoms with Crippen LogP contribution in [0.4, 0.5) is 4.79 Å². The van der Waals surface area contributed by atoms with Crippen LogP contribution in [0, 0.1) is 5.92 Å². The first-order valence-electron chi connectivity index (χ1n) is 16.1. The first-order chi connectivity index (χ1) is 22.7. The molecule has 0 radical (unpaired) electrons. The Balaban J connectivity index is 1.35. The number of nitrogens with zero attached hydrogens (tertiary/aromatic N) is 1. The Hall–Kier alpha value is -4.25. The largest absolute Gasteiger partial charge is 0.508 e. The SMILES string of the molecule is CCNC(=O)NCc1ccccc1-c1ccc([C@H]2O[C@@H](CN(C)C[C@@H](O)c3cccc(O)c3)[C@@H](C)[C@@H](c3ccc(CO)cc3)O2)cc1. The van der Waals surface area contributed by atoms with Crippen LogP contribution in [0.5, 0.6) is 5.75 Å². The number of rotatable bonds is 12. The predicted molar refractivity (Wildman–Crippen MR) is 181 cm³/mol. The van der Waals surface area contributed by atoms with E-state index in [0.717, 1.165) is 33.4 Å². The van der Waals surface area contributed by atoms with Crippen LogP contribution in [0.2, 0.25) is 0 Å². The van der Waals surface area contributed by atoms with E-state index >= 15 is 0 Å². The van der Waals surface area contributed by atoms with Crippen molar-refractivity contribution < 1.29 is 29.6 Å². The first-order valence-corrected chi connectivity index (χ1v) is 16.1. The van der Waals surface area contributed by atoms with Gasteiger partial charge in [-0.3, -0.25) is 0 Å². The number of benzene rings is 4. The number of aliphatic hydroxyl groups excluding tert-OH is 2. The average molecular weight is 640 g/mol. The number of aromatic hydroxyl groups is 1. The van der Waals surface area contributed by atoms with Gasteiger partial charge in [-0.2, -0.15) is 0 Å². The molecule has 1 fully saturated rings. The number of hydrogen-bond acceptors (Lipinski definition) is 7. The number of phenolic OH excluding ortho intramolecular Hbond substituents is 1. The van der Waals surface area contributed by atoms with E-state index in [4.69, 9.17) is 9.47 Å². The quantitative estimate of drug-likeness (QED) is 0.132. The third-order valence-corrected chi connectivity index (χ3v) is 8.64. The first kappa shape index (κ1) is 34.1. The molecule has 5 atom stereocenters. The van der Waals surface area contributed by atoms with Crippen molar-refractivity contribution in [3.63, 3.8) is 0 Å². The van der Waals surface area contributed by atoms with Gasteiger partial charge in [0.05, 0.1) is 24.9 Å². The van der Waals surface area contributed by atoms with E-state index in [1.165, 1.54) is 0 Å². The molecule has 0 saturated carbocycles. The molecule has 5 N–H and O–H groups in total. The Bertz CT molecular complexity index is 1600. The minimum absolute atomic E-state index is 0.0184. The van der Waals surface area contributed by atoms with Gasteiger partial charge in [0.1, 0.15) is 5.75 Å². The van der Waals surface area contributed by atoms with Gasteiger partial charge in [-0.25, -0.2) is 4.79 Å². The number of phenols is 1. The van der Waals surface area contributed by atoms with Crippen molar-refractivity contribution in [1.82, 2.24) is 15.5 Å². The normalized spacial score (nSPS) is 20.1. The number of hydrogen-bond donors (Lipinski definition) is 5. The molecule has 0 aliphatic carbocycles. The summed E-state index contributed by atoms with van der Waals surface area (Å²) >= 11 is 0. The zero-order valence-electron chi connectivity index (χ0n) is 27.2. The summed E-state index contributed by atoms with van der Waals surface area (Å²) in [6, 6.07) is 30.4. The molecule has 0 aromatic heterocycles. The Kier molecular flexibility index (Phi) is 11.6. The third kappa shape index (κ3) is 8.77. The highest BCUT2D eigenvalue weighted by Gasteiger charge is 2.39. The summed E-state index contributed by atoms with van der Waals surface area (Å²) in [6.45, 7) is 5.84. The van der Waals surface area contributed by atoms with Crippen LogP contribution >= 0.6 is 0 Å².